The molecule has 0 spiro atoms. The standard InChI is InChI=1S/C10H14F2O3/c11-10(12)5-7(10)4-9(8(13)14)2-1-3-15-6-9/h7H,1-6H2,(H,13,14). The van der Waals surface area contributed by atoms with Crippen LogP contribution in [-0.4, -0.2) is 30.2 Å². The van der Waals surface area contributed by atoms with Gasteiger partial charge in [0.1, 0.15) is 0 Å². The SMILES string of the molecule is O=C(O)C1(CC2CC2(F)F)CCCOC1. The summed E-state index contributed by atoms with van der Waals surface area (Å²) in [5.41, 5.74) is -1.07. The van der Waals surface area contributed by atoms with Crippen molar-refractivity contribution in [3.63, 3.8) is 0 Å². The molecule has 2 unspecified atom stereocenters. The average Bonchev–Trinajstić information content (AvgIpc) is 2.74. The molecule has 1 saturated heterocycles. The van der Waals surface area contributed by atoms with Crippen LogP contribution in [0.15, 0.2) is 0 Å². The van der Waals surface area contributed by atoms with E-state index in [2.05, 4.69) is 0 Å². The summed E-state index contributed by atoms with van der Waals surface area (Å²) in [5.74, 6) is -4.39. The first kappa shape index (κ1) is 10.8. The second-order valence-corrected chi connectivity index (χ2v) is 4.61. The molecule has 2 rings (SSSR count). The Bertz CT molecular complexity index is 272. The normalized spacial score (nSPS) is 38.7. The molecule has 1 aliphatic carbocycles. The van der Waals surface area contributed by atoms with Gasteiger partial charge in [0.2, 0.25) is 0 Å². The van der Waals surface area contributed by atoms with Crippen molar-refractivity contribution in [2.75, 3.05) is 13.2 Å². The first-order valence-corrected chi connectivity index (χ1v) is 5.15. The van der Waals surface area contributed by atoms with Gasteiger partial charge < -0.3 is 9.84 Å². The molecule has 1 heterocycles. The van der Waals surface area contributed by atoms with Crippen molar-refractivity contribution in [1.29, 1.82) is 0 Å². The highest BCUT2D eigenvalue weighted by molar-refractivity contribution is 5.75. The number of hydrogen-bond acceptors (Lipinski definition) is 2. The predicted octanol–water partition coefficient (Wildman–Crippen LogP) is 1.91. The van der Waals surface area contributed by atoms with Crippen LogP contribution in [0, 0.1) is 11.3 Å². The van der Waals surface area contributed by atoms with E-state index in [0.29, 0.717) is 19.4 Å². The third-order valence-corrected chi connectivity index (χ3v) is 3.37. The molecule has 0 aromatic heterocycles. The summed E-state index contributed by atoms with van der Waals surface area (Å²) >= 11 is 0. The van der Waals surface area contributed by atoms with Gasteiger partial charge in [0.05, 0.1) is 12.0 Å². The zero-order valence-corrected chi connectivity index (χ0v) is 8.34. The predicted molar refractivity (Wildman–Crippen MR) is 47.8 cm³/mol. The van der Waals surface area contributed by atoms with Crippen molar-refractivity contribution in [1.82, 2.24) is 0 Å². The van der Waals surface area contributed by atoms with Gasteiger partial charge in [-0.25, -0.2) is 8.78 Å². The van der Waals surface area contributed by atoms with E-state index in [4.69, 9.17) is 9.84 Å². The second kappa shape index (κ2) is 3.40. The highest BCUT2D eigenvalue weighted by Gasteiger charge is 2.60. The number of carboxylic acid groups (broad SMARTS) is 1. The molecule has 2 fully saturated rings. The third kappa shape index (κ3) is 1.97. The molecule has 2 atom stereocenters. The molecule has 0 bridgehead atoms. The highest BCUT2D eigenvalue weighted by Crippen LogP contribution is 2.55. The minimum absolute atomic E-state index is 0.0509. The number of alkyl halides is 2. The Balaban J connectivity index is 2.03. The van der Waals surface area contributed by atoms with E-state index >= 15 is 0 Å². The summed E-state index contributed by atoms with van der Waals surface area (Å²) < 4.78 is 30.6. The van der Waals surface area contributed by atoms with Gasteiger partial charge in [-0.3, -0.25) is 4.79 Å². The van der Waals surface area contributed by atoms with Crippen molar-refractivity contribution in [2.45, 2.75) is 31.6 Å². The van der Waals surface area contributed by atoms with Gasteiger partial charge in [-0.2, -0.15) is 0 Å². The van der Waals surface area contributed by atoms with Crippen LogP contribution in [0.3, 0.4) is 0 Å². The summed E-state index contributed by atoms with van der Waals surface area (Å²) in [6.45, 7) is 0.616. The maximum absolute atomic E-state index is 12.8. The molecule has 1 aliphatic heterocycles. The Morgan fingerprint density at radius 3 is 2.60 bits per heavy atom. The first-order valence-electron chi connectivity index (χ1n) is 5.15. The third-order valence-electron chi connectivity index (χ3n) is 3.37. The molecule has 0 aromatic carbocycles. The van der Waals surface area contributed by atoms with E-state index in [1.165, 1.54) is 0 Å². The number of carbonyl (C=O) groups is 1. The van der Waals surface area contributed by atoms with E-state index in [1.54, 1.807) is 0 Å². The maximum atomic E-state index is 12.8. The lowest BCUT2D eigenvalue weighted by molar-refractivity contribution is -0.159. The fraction of sp³-hybridized carbons (Fsp3) is 0.900. The zero-order chi connectivity index (χ0) is 11.1. The fourth-order valence-corrected chi connectivity index (χ4v) is 2.23. The summed E-state index contributed by atoms with van der Waals surface area (Å²) in [7, 11) is 0. The number of rotatable bonds is 3. The van der Waals surface area contributed by atoms with Gasteiger partial charge in [-0.15, -0.1) is 0 Å². The number of halogens is 2. The molecule has 2 aliphatic rings. The Morgan fingerprint density at radius 2 is 2.20 bits per heavy atom. The molecule has 0 aromatic rings. The Kier molecular flexibility index (Phi) is 2.45. The van der Waals surface area contributed by atoms with Crippen molar-refractivity contribution in [2.24, 2.45) is 11.3 Å². The Morgan fingerprint density at radius 1 is 1.53 bits per heavy atom. The van der Waals surface area contributed by atoms with Gasteiger partial charge in [-0.1, -0.05) is 0 Å². The van der Waals surface area contributed by atoms with Gasteiger partial charge >= 0.3 is 5.97 Å². The monoisotopic (exact) mass is 220 g/mol. The topological polar surface area (TPSA) is 46.5 Å². The van der Waals surface area contributed by atoms with E-state index in [9.17, 15) is 13.6 Å². The van der Waals surface area contributed by atoms with Crippen LogP contribution < -0.4 is 0 Å². The lowest BCUT2D eigenvalue weighted by Crippen LogP contribution is -2.40. The molecule has 86 valence electrons. The smallest absolute Gasteiger partial charge is 0.312 e. The van der Waals surface area contributed by atoms with E-state index in [0.717, 1.165) is 0 Å². The summed E-state index contributed by atoms with van der Waals surface area (Å²) in [6, 6.07) is 0. The molecule has 0 amide bonds. The number of ether oxygens (including phenoxy) is 1. The van der Waals surface area contributed by atoms with Gasteiger partial charge in [-0.05, 0) is 19.3 Å². The summed E-state index contributed by atoms with van der Waals surface area (Å²) in [4.78, 5) is 11.1. The minimum Gasteiger partial charge on any atom is -0.481 e. The number of hydrogen-bond donors (Lipinski definition) is 1. The molecule has 3 nitrogen and oxygen atoms in total. The van der Waals surface area contributed by atoms with Crippen LogP contribution in [0.2, 0.25) is 0 Å². The number of carboxylic acids is 1. The zero-order valence-electron chi connectivity index (χ0n) is 8.34. The van der Waals surface area contributed by atoms with Crippen LogP contribution in [0.4, 0.5) is 8.78 Å². The van der Waals surface area contributed by atoms with Gasteiger partial charge in [0.25, 0.3) is 5.92 Å². The van der Waals surface area contributed by atoms with Gasteiger partial charge in [0, 0.05) is 18.9 Å². The molecular weight excluding hydrogens is 206 g/mol. The van der Waals surface area contributed by atoms with Crippen molar-refractivity contribution in [3.8, 4) is 0 Å². The van der Waals surface area contributed by atoms with Crippen molar-refractivity contribution >= 4 is 5.97 Å². The van der Waals surface area contributed by atoms with Crippen molar-refractivity contribution in [3.05, 3.63) is 0 Å². The molecule has 15 heavy (non-hydrogen) atoms. The first-order chi connectivity index (χ1) is 6.96. The molecule has 5 heteroatoms. The van der Waals surface area contributed by atoms with Crippen molar-refractivity contribution < 1.29 is 23.4 Å². The minimum atomic E-state index is -2.64. The van der Waals surface area contributed by atoms with Crippen LogP contribution in [0.5, 0.6) is 0 Å². The second-order valence-electron chi connectivity index (χ2n) is 4.61. The molecule has 1 saturated carbocycles. The van der Waals surface area contributed by atoms with E-state index in [1.807, 2.05) is 0 Å². The number of aliphatic carboxylic acids is 1. The largest absolute Gasteiger partial charge is 0.481 e. The Labute approximate surface area is 86.4 Å². The van der Waals surface area contributed by atoms with Crippen LogP contribution >= 0.6 is 0 Å². The van der Waals surface area contributed by atoms with E-state index in [-0.39, 0.29) is 19.4 Å². The molecule has 1 N–H and O–H groups in total. The Hall–Kier alpha value is -0.710. The molecular formula is C10H14F2O3. The van der Waals surface area contributed by atoms with E-state index < -0.39 is 23.2 Å². The summed E-state index contributed by atoms with van der Waals surface area (Å²) in [5, 5.41) is 9.11. The maximum Gasteiger partial charge on any atom is 0.312 e. The van der Waals surface area contributed by atoms with Gasteiger partial charge in [0.15, 0.2) is 0 Å². The average molecular weight is 220 g/mol. The lowest BCUT2D eigenvalue weighted by Gasteiger charge is -2.33. The quantitative estimate of drug-likeness (QED) is 0.790. The molecule has 0 radical (unpaired) electrons. The van der Waals surface area contributed by atoms with Crippen LogP contribution in [-0.2, 0) is 9.53 Å². The van der Waals surface area contributed by atoms with Crippen LogP contribution in [0.25, 0.3) is 0 Å². The highest BCUT2D eigenvalue weighted by atomic mass is 19.3. The summed E-state index contributed by atoms with van der Waals surface area (Å²) in [6.07, 6.45) is 0.983. The fourth-order valence-electron chi connectivity index (χ4n) is 2.23. The lowest BCUT2D eigenvalue weighted by atomic mass is 9.78. The van der Waals surface area contributed by atoms with Crippen LogP contribution in [0.1, 0.15) is 25.7 Å².